The Hall–Kier alpha value is -15.7. The van der Waals surface area contributed by atoms with Crippen molar-refractivity contribution in [2.75, 3.05) is 35.5 Å². The molecule has 749 valence electrons. The lowest BCUT2D eigenvalue weighted by molar-refractivity contribution is -0.160. The number of amides is 2. The second-order valence-corrected chi connectivity index (χ2v) is 37.1. The Bertz CT molecular complexity index is 6320. The van der Waals surface area contributed by atoms with E-state index in [2.05, 4.69) is 5.48 Å². The fraction of sp³-hybridized carbons (Fsp3) is 0.293. The Balaban J connectivity index is 0.000000190. The molecule has 0 spiro atoms. The van der Waals surface area contributed by atoms with E-state index >= 15 is 0 Å². The van der Waals surface area contributed by atoms with Gasteiger partial charge in [0.15, 0.2) is 5.60 Å². The minimum absolute atomic E-state index is 0. The number of benzene rings is 12. The molecule has 12 aromatic rings. The molecule has 5 unspecified atom stereocenters. The maximum absolute atomic E-state index is 13.9. The largest absolute Gasteiger partial charge is 0.508 e. The number of ether oxygens (including phenoxy) is 11. The van der Waals surface area contributed by atoms with Gasteiger partial charge in [-0.1, -0.05) is 280 Å². The van der Waals surface area contributed by atoms with Crippen LogP contribution in [-0.2, 0) is 145 Å². The molecule has 12 aromatic carbocycles. The van der Waals surface area contributed by atoms with Crippen molar-refractivity contribution in [1.82, 2.24) is 11.0 Å². The molecule has 10 atom stereocenters. The molecule has 27 nitrogen and oxygen atoms in total. The molecule has 5 N–H and O–H groups in total. The Morgan fingerprint density at radius 1 is 0.319 bits per heavy atom. The minimum Gasteiger partial charge on any atom is -0.508 e. The molecule has 0 aromatic heterocycles. The molecular weight excluding hydrogens is 1830 g/mol. The summed E-state index contributed by atoms with van der Waals surface area (Å²) in [5.74, 6) is -5.95. The lowest BCUT2D eigenvalue weighted by Gasteiger charge is -2.35. The van der Waals surface area contributed by atoms with Crippen molar-refractivity contribution in [3.63, 3.8) is 0 Å². The van der Waals surface area contributed by atoms with Gasteiger partial charge < -0.3 is 62.3 Å². The second kappa shape index (κ2) is 47.7. The van der Waals surface area contributed by atoms with Crippen molar-refractivity contribution in [2.24, 2.45) is 29.6 Å². The van der Waals surface area contributed by atoms with Gasteiger partial charge >= 0.3 is 47.8 Å². The fourth-order valence-corrected chi connectivity index (χ4v) is 18.0. The van der Waals surface area contributed by atoms with Crippen LogP contribution in [0.15, 0.2) is 334 Å². The van der Waals surface area contributed by atoms with E-state index < -0.39 is 127 Å². The number of aromatic hydroxyl groups is 1. The van der Waals surface area contributed by atoms with Gasteiger partial charge in [-0.2, -0.15) is 0 Å². The number of nitrogens with one attached hydrogen (secondary N) is 2. The maximum Gasteiger partial charge on any atom is 0.317 e. The zero-order chi connectivity index (χ0) is 102. The highest BCUT2D eigenvalue weighted by Crippen LogP contribution is 2.61. The van der Waals surface area contributed by atoms with Crippen LogP contribution in [0.3, 0.4) is 0 Å². The quantitative estimate of drug-likeness (QED) is 0.00653. The maximum atomic E-state index is 13.9. The number of carboxylic acid groups (broad SMARTS) is 1. The van der Waals surface area contributed by atoms with Crippen LogP contribution in [0.25, 0.3) is 0 Å². The number of hydrogen-bond donors (Lipinski definition) is 5. The smallest absolute Gasteiger partial charge is 0.317 e. The predicted octanol–water partition coefficient (Wildman–Crippen LogP) is 18.4. The Labute approximate surface area is 841 Å². The highest BCUT2D eigenvalue weighted by molar-refractivity contribution is 6.01. The van der Waals surface area contributed by atoms with Crippen molar-refractivity contribution >= 4 is 68.0 Å². The lowest BCUT2D eigenvalue weighted by atomic mass is 9.80. The summed E-state index contributed by atoms with van der Waals surface area (Å²) in [5.41, 5.74) is 6.49. The number of phenolic OH excluding ortho intramolecular Hbond substituents is 1. The molecule has 17 rings (SSSR count). The number of phenols is 1. The summed E-state index contributed by atoms with van der Waals surface area (Å²) in [6.07, 6.45) is 1.52. The molecule has 5 fully saturated rings. The first-order chi connectivity index (χ1) is 68.2. The highest BCUT2D eigenvalue weighted by atomic mass is 16.7. The van der Waals surface area contributed by atoms with Crippen molar-refractivity contribution in [2.45, 2.75) is 151 Å². The lowest BCUT2D eigenvalue weighted by Crippen LogP contribution is -2.42. The van der Waals surface area contributed by atoms with Gasteiger partial charge in [-0.3, -0.25) is 58.0 Å². The Kier molecular flexibility index (Phi) is 36.0. The van der Waals surface area contributed by atoms with E-state index in [0.29, 0.717) is 90.1 Å². The number of aliphatic carboxylic acids is 1. The average Bonchev–Trinajstić information content (AvgIpc) is 1.57. The molecule has 0 saturated heterocycles. The first kappa shape index (κ1) is 109. The number of esters is 7. The number of carbonyl (C=O) groups excluding carboxylic acids is 9. The van der Waals surface area contributed by atoms with E-state index in [1.165, 1.54) is 47.7 Å². The number of carbonyl (C=O) groups is 10. The molecule has 0 heterocycles. The van der Waals surface area contributed by atoms with Gasteiger partial charge in [0.1, 0.15) is 93.5 Å². The summed E-state index contributed by atoms with van der Waals surface area (Å²) >= 11 is 0. The van der Waals surface area contributed by atoms with Crippen molar-refractivity contribution in [3.05, 3.63) is 400 Å². The first-order valence-corrected chi connectivity index (χ1v) is 46.3. The van der Waals surface area contributed by atoms with Crippen LogP contribution in [-0.4, -0.2) is 130 Å². The van der Waals surface area contributed by atoms with Gasteiger partial charge in [-0.05, 0) is 201 Å². The van der Waals surface area contributed by atoms with Crippen molar-refractivity contribution in [1.29, 1.82) is 0 Å². The summed E-state index contributed by atoms with van der Waals surface area (Å²) < 4.78 is 59.1. The molecule has 3 radical (unpaired) electrons. The molecular formula is C116H122BN2O25. The Morgan fingerprint density at radius 2 is 0.556 bits per heavy atom. The topological polar surface area (TPSA) is 366 Å². The van der Waals surface area contributed by atoms with Crippen LogP contribution < -0.4 is 29.9 Å². The SMILES string of the molecule is C.COC(=O)[C@@]1(c2cccc(O)c2)CC1C(=O)OC(C)(C)C.COC(=O)[C@@]1(c2cccc(OCc3ccccc3)c2)CC1C(=O)NO.COC(=O)[C@@]1(c2cccc(OCc3ccccc3)c2)CC1C(=O)NOC(c1ccccc1)(c1ccccc1)c1ccccc1.COC(=O)[C@@]1(c2cccc(OCc3ccccc3)c2)CC1C(=O)O.COC(=O)[C@@]1(c2cccc(OCc3ccccc3)c2)CC1C(=O)OC(C)(C)C.[2HH].[B]. The third-order valence-electron chi connectivity index (χ3n) is 25.6. The molecule has 5 aliphatic rings. The van der Waals surface area contributed by atoms with Crippen molar-refractivity contribution < 1.29 is 122 Å². The molecule has 5 aliphatic carbocycles. The summed E-state index contributed by atoms with van der Waals surface area (Å²) in [4.78, 5) is 131. The van der Waals surface area contributed by atoms with Gasteiger partial charge in [0.05, 0.1) is 65.1 Å². The van der Waals surface area contributed by atoms with Gasteiger partial charge in [-0.25, -0.2) is 11.0 Å². The number of carboxylic acids is 1. The summed E-state index contributed by atoms with van der Waals surface area (Å²) in [7, 11) is 6.53. The van der Waals surface area contributed by atoms with Crippen LogP contribution in [0.5, 0.6) is 28.7 Å². The monoisotopic (exact) mass is 1950 g/mol. The standard InChI is InChI=1S/C38H33NO5.C23H26O5.C19H19NO5.C19H18O5.C16H20O5.CH4.B.H2/c1-42-36(41)37(32-23-14-24-33(25-32)43-27-28-15-6-2-7-16-28)26-34(37)35(40)39-44-38(29-17-8-3-9-18-29,30-19-10-4-11-20-30)31-21-12-5-13-22-31;1-22(2,3)28-20(24)19-14-23(19,21(25)26-4)17-11-8-12-18(13-17)27-15-16-9-6-5-7-10-16;1-24-18(22)19(11-16(19)17(21)20-23)14-8-5-9-15(10-14)25-12-13-6-3-2-4-7-13;1-23-18(22)19(11-16(19)17(20)21)14-8-5-9-15(10-14)24-12-13-6-3-2-4-7-13;1-15(2,3)21-13(18)12-9-16(12,14(19)20-4)10-6-5-7-11(17)8-10;;;/h2-25,34H,26-27H2,1H3,(H,39,40);5-13,19H,14-15H2,1-4H3;2-10,16,23H,11-12H2,1H3,(H,20,21);2-10,16H,11-12H2,1H3,(H,20,21);5-8,12,17H,9H2,1-4H3;1H4;;1H/t34?,37-;19?,23-;2*16?,19-;12?,16-;;;/m11111.../s1/i;;;;;;;1+1. The third kappa shape index (κ3) is 25.1. The Morgan fingerprint density at radius 3 is 0.806 bits per heavy atom. The molecule has 2 amide bonds. The van der Waals surface area contributed by atoms with E-state index in [4.69, 9.17) is 62.2 Å². The zero-order valence-electron chi connectivity index (χ0n) is 81.4. The fourth-order valence-electron chi connectivity index (χ4n) is 18.0. The van der Waals surface area contributed by atoms with Gasteiger partial charge in [0.25, 0.3) is 0 Å². The summed E-state index contributed by atoms with van der Waals surface area (Å²) in [6.45, 7) is 12.4. The number of hydroxylamine groups is 2. The third-order valence-corrected chi connectivity index (χ3v) is 25.6. The second-order valence-electron chi connectivity index (χ2n) is 37.1. The summed E-state index contributed by atoms with van der Waals surface area (Å²) in [5, 5.41) is 27.7. The van der Waals surface area contributed by atoms with E-state index in [9.17, 15) is 58.2 Å². The normalized spacial score (nSPS) is 20.2. The molecule has 144 heavy (non-hydrogen) atoms. The van der Waals surface area contributed by atoms with Crippen molar-refractivity contribution in [3.8, 4) is 28.7 Å². The van der Waals surface area contributed by atoms with E-state index in [0.717, 1.165) is 38.9 Å². The molecule has 5 saturated carbocycles. The molecule has 0 aliphatic heterocycles. The van der Waals surface area contributed by atoms with Crippen LogP contribution in [0.1, 0.15) is 149 Å². The van der Waals surface area contributed by atoms with E-state index in [1.54, 1.807) is 86.9 Å². The zero-order valence-corrected chi connectivity index (χ0v) is 81.4. The predicted molar refractivity (Wildman–Crippen MR) is 538 cm³/mol. The summed E-state index contributed by atoms with van der Waals surface area (Å²) in [6, 6.07) is 103. The molecule has 28 heteroatoms. The van der Waals surface area contributed by atoms with Crippen LogP contribution in [0.2, 0.25) is 0 Å². The van der Waals surface area contributed by atoms with Gasteiger partial charge in [0.2, 0.25) is 11.8 Å². The van der Waals surface area contributed by atoms with Crippen LogP contribution in [0, 0.1) is 29.6 Å². The van der Waals surface area contributed by atoms with E-state index in [-0.39, 0.29) is 48.2 Å². The first-order valence-electron chi connectivity index (χ1n) is 46.3. The number of rotatable bonds is 32. The average molecular weight is 1960 g/mol. The minimum atomic E-state index is -1.15. The van der Waals surface area contributed by atoms with Gasteiger partial charge in [-0.15, -0.1) is 0 Å². The van der Waals surface area contributed by atoms with Crippen LogP contribution >= 0.6 is 0 Å². The van der Waals surface area contributed by atoms with Gasteiger partial charge in [0, 0.05) is 9.84 Å². The van der Waals surface area contributed by atoms with Crippen LogP contribution in [0.4, 0.5) is 0 Å². The highest BCUT2D eigenvalue weighted by Gasteiger charge is 2.71. The van der Waals surface area contributed by atoms with E-state index in [1.807, 2.05) is 282 Å². The number of hydrogen-bond acceptors (Lipinski definition) is 24. The number of methoxy groups -OCH3 is 5. The molecule has 0 bridgehead atoms.